The van der Waals surface area contributed by atoms with Crippen molar-refractivity contribution in [2.45, 2.75) is 6.92 Å². The van der Waals surface area contributed by atoms with Crippen LogP contribution in [0, 0.1) is 0 Å². The van der Waals surface area contributed by atoms with Crippen molar-refractivity contribution in [3.05, 3.63) is 108 Å². The van der Waals surface area contributed by atoms with Gasteiger partial charge < -0.3 is 19.7 Å². The number of ether oxygens (including phenoxy) is 2. The number of Topliss-reactive ketones (excluding diaryl/α,β-unsaturated/α-hetero) is 1. The third-order valence-corrected chi connectivity index (χ3v) is 5.86. The van der Waals surface area contributed by atoms with Crippen LogP contribution in [0.1, 0.15) is 38.0 Å². The molecule has 0 aliphatic heterocycles. The molecule has 0 saturated heterocycles. The van der Waals surface area contributed by atoms with Crippen LogP contribution in [-0.2, 0) is 0 Å². The summed E-state index contributed by atoms with van der Waals surface area (Å²) in [6, 6.07) is 23.6. The monoisotopic (exact) mass is 492 g/mol. The van der Waals surface area contributed by atoms with Crippen molar-refractivity contribution in [2.75, 3.05) is 0 Å². The van der Waals surface area contributed by atoms with E-state index < -0.39 is 11.9 Å². The maximum atomic E-state index is 12.8. The van der Waals surface area contributed by atoms with Gasteiger partial charge in [0, 0.05) is 0 Å². The Morgan fingerprint density at radius 1 is 0.568 bits per heavy atom. The number of ketones is 1. The Morgan fingerprint density at radius 2 is 1.05 bits per heavy atom. The number of benzene rings is 5. The van der Waals surface area contributed by atoms with Crippen molar-refractivity contribution < 1.29 is 34.1 Å². The van der Waals surface area contributed by atoms with E-state index in [0.29, 0.717) is 5.56 Å². The molecule has 2 N–H and O–H groups in total. The summed E-state index contributed by atoms with van der Waals surface area (Å²) in [5.74, 6) is -1.27. The lowest BCUT2D eigenvalue weighted by atomic mass is 10.1. The molecule has 5 aromatic carbocycles. The van der Waals surface area contributed by atoms with Crippen molar-refractivity contribution in [1.82, 2.24) is 0 Å². The Bertz CT molecular complexity index is 1720. The van der Waals surface area contributed by atoms with Crippen molar-refractivity contribution in [1.29, 1.82) is 0 Å². The number of rotatable bonds is 5. The first-order valence-corrected chi connectivity index (χ1v) is 11.3. The molecular weight excluding hydrogens is 472 g/mol. The zero-order chi connectivity index (χ0) is 26.1. The minimum atomic E-state index is -0.663. The quantitative estimate of drug-likeness (QED) is 0.175. The minimum absolute atomic E-state index is 0.0358. The lowest BCUT2D eigenvalue weighted by Crippen LogP contribution is -2.12. The Kier molecular flexibility index (Phi) is 6.03. The highest BCUT2D eigenvalue weighted by Crippen LogP contribution is 2.28. The summed E-state index contributed by atoms with van der Waals surface area (Å²) in [5.41, 5.74) is 0.647. The minimum Gasteiger partial charge on any atom is -0.508 e. The fraction of sp³-hybridized carbons (Fsp3) is 0.0333. The van der Waals surface area contributed by atoms with Crippen LogP contribution >= 0.6 is 0 Å². The van der Waals surface area contributed by atoms with Crippen molar-refractivity contribution in [3.8, 4) is 23.0 Å². The van der Waals surface area contributed by atoms with E-state index in [1.54, 1.807) is 60.7 Å². The summed E-state index contributed by atoms with van der Waals surface area (Å²) < 4.78 is 11.0. The van der Waals surface area contributed by atoms with Gasteiger partial charge in [0.25, 0.3) is 0 Å². The number of hydrogen-bond acceptors (Lipinski definition) is 7. The van der Waals surface area contributed by atoms with Crippen molar-refractivity contribution >= 4 is 39.3 Å². The zero-order valence-corrected chi connectivity index (χ0v) is 19.6. The molecule has 0 saturated carbocycles. The number of phenols is 2. The molecule has 0 aliphatic rings. The first-order chi connectivity index (χ1) is 17.8. The first kappa shape index (κ1) is 23.6. The maximum Gasteiger partial charge on any atom is 0.343 e. The predicted octanol–water partition coefficient (Wildman–Crippen LogP) is 6.05. The van der Waals surface area contributed by atoms with Gasteiger partial charge in [0.1, 0.15) is 23.0 Å². The lowest BCUT2D eigenvalue weighted by molar-refractivity contribution is 0.0716. The standard InChI is InChI=1S/C30H20O7/c1-17(31)27-16-26(36-29(34)22-4-2-20-14-24(32)8-6-18(20)12-22)10-11-28(27)37-30(35)23-5-3-21-15-25(33)9-7-19(21)13-23/h2-16,32-33H,1H3. The molecule has 5 aromatic rings. The van der Waals surface area contributed by atoms with Gasteiger partial charge in [0.2, 0.25) is 0 Å². The molecule has 7 heteroatoms. The molecule has 7 nitrogen and oxygen atoms in total. The van der Waals surface area contributed by atoms with Gasteiger partial charge in [0.15, 0.2) is 5.78 Å². The molecule has 5 rings (SSSR count). The average Bonchev–Trinajstić information content (AvgIpc) is 2.88. The smallest absolute Gasteiger partial charge is 0.343 e. The van der Waals surface area contributed by atoms with Gasteiger partial charge in [-0.15, -0.1) is 0 Å². The number of phenolic OH excluding ortho intramolecular Hbond substituents is 2. The Morgan fingerprint density at radius 3 is 1.59 bits per heavy atom. The number of carbonyl (C=O) groups is 3. The Labute approximate surface area is 211 Å². The molecule has 0 radical (unpaired) electrons. The van der Waals surface area contributed by atoms with Crippen LogP contribution in [0.5, 0.6) is 23.0 Å². The molecule has 0 amide bonds. The van der Waals surface area contributed by atoms with E-state index in [0.717, 1.165) is 21.5 Å². The van der Waals surface area contributed by atoms with Crippen LogP contribution in [0.15, 0.2) is 91.0 Å². The number of fused-ring (bicyclic) bond motifs is 2. The second-order valence-electron chi connectivity index (χ2n) is 8.49. The van der Waals surface area contributed by atoms with E-state index in [-0.39, 0.29) is 39.9 Å². The van der Waals surface area contributed by atoms with Crippen LogP contribution in [0.25, 0.3) is 21.5 Å². The normalized spacial score (nSPS) is 10.8. The molecule has 37 heavy (non-hydrogen) atoms. The highest BCUT2D eigenvalue weighted by Gasteiger charge is 2.18. The van der Waals surface area contributed by atoms with E-state index in [2.05, 4.69) is 0 Å². The van der Waals surface area contributed by atoms with E-state index >= 15 is 0 Å². The van der Waals surface area contributed by atoms with Gasteiger partial charge in [0.05, 0.1) is 16.7 Å². The molecule has 0 aliphatic carbocycles. The summed E-state index contributed by atoms with van der Waals surface area (Å²) in [4.78, 5) is 37.8. The van der Waals surface area contributed by atoms with E-state index in [4.69, 9.17) is 9.47 Å². The van der Waals surface area contributed by atoms with Gasteiger partial charge in [-0.2, -0.15) is 0 Å². The molecule has 182 valence electrons. The summed E-state index contributed by atoms with van der Waals surface area (Å²) in [6.07, 6.45) is 0. The fourth-order valence-electron chi connectivity index (χ4n) is 3.98. The van der Waals surface area contributed by atoms with Crippen LogP contribution in [0.2, 0.25) is 0 Å². The largest absolute Gasteiger partial charge is 0.508 e. The molecule has 0 unspecified atom stereocenters. The summed E-state index contributed by atoms with van der Waals surface area (Å²) >= 11 is 0. The molecule has 0 heterocycles. The van der Waals surface area contributed by atoms with E-state index in [1.165, 1.54) is 37.3 Å². The van der Waals surface area contributed by atoms with Crippen LogP contribution in [0.3, 0.4) is 0 Å². The number of carbonyl (C=O) groups excluding carboxylic acids is 3. The highest BCUT2D eigenvalue weighted by atomic mass is 16.5. The van der Waals surface area contributed by atoms with E-state index in [9.17, 15) is 24.6 Å². The Balaban J connectivity index is 1.36. The van der Waals surface area contributed by atoms with Crippen LogP contribution in [0.4, 0.5) is 0 Å². The average molecular weight is 492 g/mol. The maximum absolute atomic E-state index is 12.8. The van der Waals surface area contributed by atoms with E-state index in [1.807, 2.05) is 0 Å². The second-order valence-corrected chi connectivity index (χ2v) is 8.49. The highest BCUT2D eigenvalue weighted by molar-refractivity contribution is 6.01. The van der Waals surface area contributed by atoms with Crippen molar-refractivity contribution in [2.24, 2.45) is 0 Å². The number of aromatic hydroxyl groups is 2. The van der Waals surface area contributed by atoms with Crippen LogP contribution in [-0.4, -0.2) is 27.9 Å². The van der Waals surface area contributed by atoms with Crippen LogP contribution < -0.4 is 9.47 Å². The molecule has 0 fully saturated rings. The van der Waals surface area contributed by atoms with Gasteiger partial charge in [-0.1, -0.05) is 24.3 Å². The number of esters is 2. The van der Waals surface area contributed by atoms with Gasteiger partial charge in [-0.25, -0.2) is 9.59 Å². The van der Waals surface area contributed by atoms with Gasteiger partial charge in [-0.3, -0.25) is 4.79 Å². The van der Waals surface area contributed by atoms with Crippen molar-refractivity contribution in [3.63, 3.8) is 0 Å². The SMILES string of the molecule is CC(=O)c1cc(OC(=O)c2ccc3cc(O)ccc3c2)ccc1OC(=O)c1ccc2cc(O)ccc2c1. The van der Waals surface area contributed by atoms with Gasteiger partial charge in [-0.05, 0) is 95.2 Å². The summed E-state index contributed by atoms with van der Waals surface area (Å²) in [5, 5.41) is 22.3. The molecular formula is C30H20O7. The zero-order valence-electron chi connectivity index (χ0n) is 19.6. The second kappa shape index (κ2) is 9.47. The summed E-state index contributed by atoms with van der Waals surface area (Å²) in [6.45, 7) is 1.32. The summed E-state index contributed by atoms with van der Waals surface area (Å²) in [7, 11) is 0. The lowest BCUT2D eigenvalue weighted by Gasteiger charge is -2.11. The first-order valence-electron chi connectivity index (χ1n) is 11.3. The molecule has 0 bridgehead atoms. The molecule has 0 spiro atoms. The molecule has 0 atom stereocenters. The number of hydrogen-bond donors (Lipinski definition) is 2. The van der Waals surface area contributed by atoms with Gasteiger partial charge >= 0.3 is 11.9 Å². The fourth-order valence-corrected chi connectivity index (χ4v) is 3.98. The third kappa shape index (κ3) is 4.97. The topological polar surface area (TPSA) is 110 Å². The third-order valence-electron chi connectivity index (χ3n) is 5.86. The predicted molar refractivity (Wildman–Crippen MR) is 138 cm³/mol. The molecule has 0 aromatic heterocycles. The Hall–Kier alpha value is -5.17.